The maximum absolute atomic E-state index is 13.1. The van der Waals surface area contributed by atoms with Crippen LogP contribution >= 0.6 is 34.8 Å². The lowest BCUT2D eigenvalue weighted by molar-refractivity contribution is 0.279. The van der Waals surface area contributed by atoms with Crippen LogP contribution in [0.3, 0.4) is 0 Å². The summed E-state index contributed by atoms with van der Waals surface area (Å²) < 4.78 is 27.4. The molecule has 24 heavy (non-hydrogen) atoms. The van der Waals surface area contributed by atoms with Gasteiger partial charge in [0, 0.05) is 22.7 Å². The number of benzene rings is 2. The molecule has 0 saturated heterocycles. The van der Waals surface area contributed by atoms with Crippen molar-refractivity contribution in [2.45, 2.75) is 24.3 Å². The van der Waals surface area contributed by atoms with E-state index >= 15 is 0 Å². The van der Waals surface area contributed by atoms with Crippen LogP contribution in [0, 0.1) is 0 Å². The number of halogens is 3. The molecule has 8 heteroatoms. The highest BCUT2D eigenvalue weighted by molar-refractivity contribution is 7.92. The molecule has 2 rings (SSSR count). The van der Waals surface area contributed by atoms with Gasteiger partial charge in [-0.25, -0.2) is 8.42 Å². The lowest BCUT2D eigenvalue weighted by Gasteiger charge is -2.31. The van der Waals surface area contributed by atoms with Gasteiger partial charge in [0.15, 0.2) is 0 Å². The number of aliphatic hydroxyl groups is 1. The summed E-state index contributed by atoms with van der Waals surface area (Å²) in [5, 5.41) is 10.3. The van der Waals surface area contributed by atoms with E-state index in [1.165, 1.54) is 40.7 Å². The Kier molecular flexibility index (Phi) is 6.39. The van der Waals surface area contributed by atoms with Crippen LogP contribution in [0.4, 0.5) is 5.69 Å². The molecule has 0 amide bonds. The molecule has 0 aliphatic rings. The second-order valence-electron chi connectivity index (χ2n) is 5.21. The van der Waals surface area contributed by atoms with Gasteiger partial charge in [0.25, 0.3) is 10.0 Å². The van der Waals surface area contributed by atoms with Crippen molar-refractivity contribution >= 4 is 50.5 Å². The van der Waals surface area contributed by atoms with E-state index in [1.54, 1.807) is 13.0 Å². The molecule has 2 aromatic carbocycles. The van der Waals surface area contributed by atoms with Crippen LogP contribution in [0.5, 0.6) is 0 Å². The molecule has 0 fully saturated rings. The summed E-state index contributed by atoms with van der Waals surface area (Å²) in [6.07, 6.45) is 0.246. The largest absolute Gasteiger partial charge is 0.396 e. The minimum Gasteiger partial charge on any atom is -0.396 e. The van der Waals surface area contributed by atoms with Crippen LogP contribution in [0.2, 0.25) is 15.1 Å². The van der Waals surface area contributed by atoms with Gasteiger partial charge >= 0.3 is 0 Å². The smallest absolute Gasteiger partial charge is 0.264 e. The zero-order chi connectivity index (χ0) is 17.9. The van der Waals surface area contributed by atoms with E-state index in [0.29, 0.717) is 10.0 Å². The van der Waals surface area contributed by atoms with Crippen molar-refractivity contribution in [1.82, 2.24) is 0 Å². The third kappa shape index (κ3) is 4.16. The third-order valence-corrected chi connectivity index (χ3v) is 6.21. The van der Waals surface area contributed by atoms with E-state index in [9.17, 15) is 13.5 Å². The van der Waals surface area contributed by atoms with Crippen molar-refractivity contribution in [1.29, 1.82) is 0 Å². The highest BCUT2D eigenvalue weighted by Crippen LogP contribution is 2.35. The van der Waals surface area contributed by atoms with E-state index in [-0.39, 0.29) is 28.6 Å². The molecule has 4 nitrogen and oxygen atoms in total. The summed E-state index contributed by atoms with van der Waals surface area (Å²) in [5.74, 6) is 0. The van der Waals surface area contributed by atoms with Crippen LogP contribution < -0.4 is 4.31 Å². The summed E-state index contributed by atoms with van der Waals surface area (Å²) in [6, 6.07) is 9.94. The predicted octanol–water partition coefficient (Wildman–Crippen LogP) is 4.61. The topological polar surface area (TPSA) is 57.6 Å². The predicted molar refractivity (Wildman–Crippen MR) is 98.7 cm³/mol. The highest BCUT2D eigenvalue weighted by atomic mass is 35.5. The molecule has 2 aromatic rings. The number of sulfonamides is 1. The monoisotopic (exact) mass is 407 g/mol. The average Bonchev–Trinajstić information content (AvgIpc) is 2.51. The van der Waals surface area contributed by atoms with Crippen LogP contribution in [0.1, 0.15) is 13.3 Å². The highest BCUT2D eigenvalue weighted by Gasteiger charge is 2.31. The fourth-order valence-electron chi connectivity index (χ4n) is 2.28. The SMILES string of the molecule is C[C@H](CCO)N(c1cc(Cl)ccc1Cl)S(=O)(=O)c1ccc(Cl)cc1. The molecule has 0 bridgehead atoms. The second-order valence-corrected chi connectivity index (χ2v) is 8.31. The Morgan fingerprint density at radius 2 is 1.62 bits per heavy atom. The first kappa shape index (κ1) is 19.3. The second kappa shape index (κ2) is 7.93. The van der Waals surface area contributed by atoms with E-state index < -0.39 is 16.1 Å². The Labute approximate surface area is 156 Å². The Bertz CT molecular complexity index is 810. The molecule has 1 atom stereocenters. The number of aliphatic hydroxyl groups excluding tert-OH is 1. The fraction of sp³-hybridized carbons (Fsp3) is 0.250. The molecule has 0 spiro atoms. The molecule has 1 N–H and O–H groups in total. The zero-order valence-electron chi connectivity index (χ0n) is 12.8. The fourth-order valence-corrected chi connectivity index (χ4v) is 4.53. The Morgan fingerprint density at radius 1 is 1.04 bits per heavy atom. The first-order valence-corrected chi connectivity index (χ1v) is 9.70. The molecular weight excluding hydrogens is 393 g/mol. The van der Waals surface area contributed by atoms with Gasteiger partial charge < -0.3 is 5.11 Å². The minimum absolute atomic E-state index is 0.0766. The average molecular weight is 409 g/mol. The summed E-state index contributed by atoms with van der Waals surface area (Å²) in [4.78, 5) is 0.0766. The normalized spacial score (nSPS) is 12.9. The molecule has 0 unspecified atom stereocenters. The maximum atomic E-state index is 13.1. The Morgan fingerprint density at radius 3 is 2.21 bits per heavy atom. The van der Waals surface area contributed by atoms with Crippen molar-refractivity contribution in [3.05, 3.63) is 57.5 Å². The van der Waals surface area contributed by atoms with E-state index in [2.05, 4.69) is 0 Å². The zero-order valence-corrected chi connectivity index (χ0v) is 15.9. The van der Waals surface area contributed by atoms with Crippen molar-refractivity contribution in [3.8, 4) is 0 Å². The van der Waals surface area contributed by atoms with Gasteiger partial charge in [-0.1, -0.05) is 34.8 Å². The van der Waals surface area contributed by atoms with Gasteiger partial charge in [0.2, 0.25) is 0 Å². The van der Waals surface area contributed by atoms with E-state index in [0.717, 1.165) is 0 Å². The van der Waals surface area contributed by atoms with E-state index in [1.807, 2.05) is 0 Å². The molecule has 0 saturated carbocycles. The minimum atomic E-state index is -3.91. The van der Waals surface area contributed by atoms with Gasteiger partial charge in [-0.2, -0.15) is 0 Å². The number of hydrogen-bond donors (Lipinski definition) is 1. The van der Waals surface area contributed by atoms with Crippen LogP contribution in [-0.2, 0) is 10.0 Å². The molecule has 0 aliphatic carbocycles. The van der Waals surface area contributed by atoms with Crippen LogP contribution in [-0.4, -0.2) is 26.2 Å². The summed E-state index contributed by atoms with van der Waals surface area (Å²) >= 11 is 18.1. The van der Waals surface area contributed by atoms with Gasteiger partial charge in [0.05, 0.1) is 15.6 Å². The van der Waals surface area contributed by atoms with Crippen molar-refractivity contribution in [3.63, 3.8) is 0 Å². The number of anilines is 1. The van der Waals surface area contributed by atoms with Crippen molar-refractivity contribution < 1.29 is 13.5 Å². The van der Waals surface area contributed by atoms with E-state index in [4.69, 9.17) is 34.8 Å². The first-order valence-electron chi connectivity index (χ1n) is 7.13. The summed E-state index contributed by atoms with van der Waals surface area (Å²) in [7, 11) is -3.91. The third-order valence-electron chi connectivity index (χ3n) is 3.46. The number of rotatable bonds is 6. The van der Waals surface area contributed by atoms with Gasteiger partial charge in [-0.05, 0) is 55.8 Å². The molecule has 0 heterocycles. The summed E-state index contributed by atoms with van der Waals surface area (Å²) in [6.45, 7) is 1.53. The maximum Gasteiger partial charge on any atom is 0.264 e. The number of hydrogen-bond acceptors (Lipinski definition) is 3. The van der Waals surface area contributed by atoms with Gasteiger partial charge in [0.1, 0.15) is 0 Å². The molecule has 130 valence electrons. The standard InChI is InChI=1S/C16H16Cl3NO3S/c1-11(8-9-21)20(16-10-13(18)4-7-15(16)19)24(22,23)14-5-2-12(17)3-6-14/h2-7,10-11,21H,8-9H2,1H3/t11-/m1/s1. The Balaban J connectivity index is 2.61. The first-order chi connectivity index (χ1) is 11.3. The summed E-state index contributed by atoms with van der Waals surface area (Å²) in [5.41, 5.74) is 0.264. The molecule has 0 aromatic heterocycles. The van der Waals surface area contributed by atoms with Gasteiger partial charge in [-0.3, -0.25) is 4.31 Å². The molecular formula is C16H16Cl3NO3S. The Hall–Kier alpha value is -0.980. The molecule has 0 aliphatic heterocycles. The van der Waals surface area contributed by atoms with Crippen molar-refractivity contribution in [2.75, 3.05) is 10.9 Å². The molecule has 0 radical (unpaired) electrons. The van der Waals surface area contributed by atoms with Crippen LogP contribution in [0.25, 0.3) is 0 Å². The van der Waals surface area contributed by atoms with Crippen LogP contribution in [0.15, 0.2) is 47.4 Å². The van der Waals surface area contributed by atoms with Crippen molar-refractivity contribution in [2.24, 2.45) is 0 Å². The van der Waals surface area contributed by atoms with Gasteiger partial charge in [-0.15, -0.1) is 0 Å². The lowest BCUT2D eigenvalue weighted by Crippen LogP contribution is -2.39. The lowest BCUT2D eigenvalue weighted by atomic mass is 10.2. The number of nitrogens with zero attached hydrogens (tertiary/aromatic N) is 1. The quantitative estimate of drug-likeness (QED) is 0.759.